The molecule has 16 heavy (non-hydrogen) atoms. The summed E-state index contributed by atoms with van der Waals surface area (Å²) in [5, 5.41) is 3.47. The van der Waals surface area contributed by atoms with Gasteiger partial charge in [0.05, 0.1) is 12.4 Å². The highest BCUT2D eigenvalue weighted by atomic mass is 19.3. The quantitative estimate of drug-likeness (QED) is 0.798. The van der Waals surface area contributed by atoms with Crippen molar-refractivity contribution < 1.29 is 13.5 Å². The lowest BCUT2D eigenvalue weighted by Crippen LogP contribution is -1.97. The lowest BCUT2D eigenvalue weighted by molar-refractivity contribution is 0.0562. The van der Waals surface area contributed by atoms with E-state index in [0.717, 1.165) is 5.56 Å². The predicted octanol–water partition coefficient (Wildman–Crippen LogP) is 2.86. The van der Waals surface area contributed by atoms with Gasteiger partial charge in [0.1, 0.15) is 6.61 Å². The van der Waals surface area contributed by atoms with E-state index in [1.165, 1.54) is 12.4 Å². The highest BCUT2D eigenvalue weighted by Gasteiger charge is 2.07. The average molecular weight is 224 g/mol. The third kappa shape index (κ3) is 2.56. The van der Waals surface area contributed by atoms with Gasteiger partial charge in [0.25, 0.3) is 0 Å². The Morgan fingerprint density at radius 2 is 2.00 bits per heavy atom. The van der Waals surface area contributed by atoms with Crippen molar-refractivity contribution in [3.63, 3.8) is 0 Å². The molecule has 0 aliphatic carbocycles. The summed E-state index contributed by atoms with van der Waals surface area (Å²) in [6, 6.07) is 9.48. The molecule has 0 atom stereocenters. The van der Waals surface area contributed by atoms with Gasteiger partial charge in [-0.25, -0.2) is 4.68 Å². The molecule has 84 valence electrons. The van der Waals surface area contributed by atoms with E-state index in [1.54, 1.807) is 0 Å². The molecule has 0 saturated carbocycles. The zero-order chi connectivity index (χ0) is 11.4. The topological polar surface area (TPSA) is 27.1 Å². The molecular formula is C11H10F2N2O. The first-order chi connectivity index (χ1) is 7.75. The minimum absolute atomic E-state index is 0.337. The second kappa shape index (κ2) is 4.74. The molecule has 1 aromatic carbocycles. The van der Waals surface area contributed by atoms with Crippen LogP contribution in [0, 0.1) is 0 Å². The number of hydrogen-bond acceptors (Lipinski definition) is 2. The Balaban J connectivity index is 1.95. The van der Waals surface area contributed by atoms with Crippen molar-refractivity contribution in [1.29, 1.82) is 0 Å². The lowest BCUT2D eigenvalue weighted by Gasteiger charge is -2.02. The first-order valence-corrected chi connectivity index (χ1v) is 4.75. The minimum atomic E-state index is -2.63. The molecule has 0 amide bonds. The molecular weight excluding hydrogens is 214 g/mol. The van der Waals surface area contributed by atoms with Crippen LogP contribution in [0.15, 0.2) is 42.7 Å². The van der Waals surface area contributed by atoms with Crippen molar-refractivity contribution in [3.05, 3.63) is 48.3 Å². The van der Waals surface area contributed by atoms with E-state index in [-0.39, 0.29) is 0 Å². The lowest BCUT2D eigenvalue weighted by atomic mass is 10.2. The maximum absolute atomic E-state index is 12.2. The molecule has 1 aromatic heterocycles. The van der Waals surface area contributed by atoms with Crippen molar-refractivity contribution in [2.24, 2.45) is 0 Å². The van der Waals surface area contributed by atoms with E-state index in [2.05, 4.69) is 5.10 Å². The van der Waals surface area contributed by atoms with Crippen LogP contribution in [0.5, 0.6) is 5.75 Å². The summed E-state index contributed by atoms with van der Waals surface area (Å²) in [5.74, 6) is 0.337. The Morgan fingerprint density at radius 1 is 1.25 bits per heavy atom. The van der Waals surface area contributed by atoms with Gasteiger partial charge in [-0.05, 0) is 5.56 Å². The van der Waals surface area contributed by atoms with Gasteiger partial charge in [-0.1, -0.05) is 30.3 Å². The molecule has 0 spiro atoms. The van der Waals surface area contributed by atoms with Crippen molar-refractivity contribution in [2.75, 3.05) is 0 Å². The maximum atomic E-state index is 12.2. The van der Waals surface area contributed by atoms with Crippen LogP contribution in [-0.2, 0) is 6.61 Å². The van der Waals surface area contributed by atoms with Crippen LogP contribution in [0.4, 0.5) is 8.78 Å². The normalized spacial score (nSPS) is 10.7. The molecule has 1 heterocycles. The van der Waals surface area contributed by atoms with Crippen LogP contribution in [0.2, 0.25) is 0 Å². The van der Waals surface area contributed by atoms with Crippen LogP contribution < -0.4 is 4.74 Å². The maximum Gasteiger partial charge on any atom is 0.333 e. The minimum Gasteiger partial charge on any atom is -0.486 e. The summed E-state index contributed by atoms with van der Waals surface area (Å²) < 4.78 is 30.2. The van der Waals surface area contributed by atoms with Gasteiger partial charge in [0.2, 0.25) is 0 Å². The number of rotatable bonds is 4. The number of alkyl halides is 2. The van der Waals surface area contributed by atoms with E-state index in [0.29, 0.717) is 17.0 Å². The standard InChI is InChI=1S/C11H10F2N2O/c12-11(13)15-7-10(6-14-15)16-8-9-4-2-1-3-5-9/h1-7,11H,8H2. The molecule has 0 bridgehead atoms. The highest BCUT2D eigenvalue weighted by Crippen LogP contribution is 2.16. The Hall–Kier alpha value is -1.91. The number of benzene rings is 1. The van der Waals surface area contributed by atoms with Crippen LogP contribution >= 0.6 is 0 Å². The summed E-state index contributed by atoms with van der Waals surface area (Å²) in [6.45, 7) is -2.29. The number of hydrogen-bond donors (Lipinski definition) is 0. The van der Waals surface area contributed by atoms with Crippen LogP contribution in [0.25, 0.3) is 0 Å². The molecule has 0 aliphatic rings. The van der Waals surface area contributed by atoms with Crippen molar-refractivity contribution in [1.82, 2.24) is 9.78 Å². The molecule has 2 rings (SSSR count). The smallest absolute Gasteiger partial charge is 0.333 e. The van der Waals surface area contributed by atoms with Crippen molar-refractivity contribution in [2.45, 2.75) is 13.2 Å². The Morgan fingerprint density at radius 3 is 2.62 bits per heavy atom. The van der Waals surface area contributed by atoms with Gasteiger partial charge in [-0.2, -0.15) is 13.9 Å². The van der Waals surface area contributed by atoms with Gasteiger partial charge < -0.3 is 4.74 Å². The van der Waals surface area contributed by atoms with Crippen molar-refractivity contribution >= 4 is 0 Å². The Labute approximate surface area is 91.3 Å². The second-order valence-corrected chi connectivity index (χ2v) is 3.21. The molecule has 2 aromatic rings. The summed E-state index contributed by atoms with van der Waals surface area (Å²) >= 11 is 0. The molecule has 0 radical (unpaired) electrons. The first-order valence-electron chi connectivity index (χ1n) is 4.75. The molecule has 0 fully saturated rings. The SMILES string of the molecule is FC(F)n1cc(OCc2ccccc2)cn1. The van der Waals surface area contributed by atoms with Gasteiger partial charge in [0.15, 0.2) is 5.75 Å². The van der Waals surface area contributed by atoms with Crippen LogP contribution in [0.1, 0.15) is 12.1 Å². The van der Waals surface area contributed by atoms with E-state index >= 15 is 0 Å². The molecule has 0 aliphatic heterocycles. The van der Waals surface area contributed by atoms with Gasteiger partial charge in [-0.15, -0.1) is 0 Å². The Bertz CT molecular complexity index is 442. The fraction of sp³-hybridized carbons (Fsp3) is 0.182. The summed E-state index contributed by atoms with van der Waals surface area (Å²) in [7, 11) is 0. The molecule has 0 unspecified atom stereocenters. The number of ether oxygens (including phenoxy) is 1. The molecule has 0 saturated heterocycles. The number of nitrogens with zero attached hydrogens (tertiary/aromatic N) is 2. The van der Waals surface area contributed by atoms with E-state index in [9.17, 15) is 8.78 Å². The largest absolute Gasteiger partial charge is 0.486 e. The predicted molar refractivity (Wildman–Crippen MR) is 54.3 cm³/mol. The summed E-state index contributed by atoms with van der Waals surface area (Å²) in [6.07, 6.45) is 2.45. The third-order valence-electron chi connectivity index (χ3n) is 2.03. The molecule has 0 N–H and O–H groups in total. The van der Waals surface area contributed by atoms with E-state index in [4.69, 9.17) is 4.74 Å². The van der Waals surface area contributed by atoms with E-state index < -0.39 is 6.55 Å². The zero-order valence-corrected chi connectivity index (χ0v) is 8.38. The summed E-state index contributed by atoms with van der Waals surface area (Å²) in [4.78, 5) is 0. The highest BCUT2D eigenvalue weighted by molar-refractivity contribution is 5.16. The number of aromatic nitrogens is 2. The monoisotopic (exact) mass is 224 g/mol. The van der Waals surface area contributed by atoms with Crippen molar-refractivity contribution in [3.8, 4) is 5.75 Å². The molecule has 3 nitrogen and oxygen atoms in total. The van der Waals surface area contributed by atoms with E-state index in [1.807, 2.05) is 30.3 Å². The zero-order valence-electron chi connectivity index (χ0n) is 8.38. The second-order valence-electron chi connectivity index (χ2n) is 3.21. The van der Waals surface area contributed by atoms with Gasteiger partial charge in [0, 0.05) is 0 Å². The van der Waals surface area contributed by atoms with Crippen LogP contribution in [0.3, 0.4) is 0 Å². The van der Waals surface area contributed by atoms with Gasteiger partial charge in [-0.3, -0.25) is 0 Å². The van der Waals surface area contributed by atoms with Gasteiger partial charge >= 0.3 is 6.55 Å². The average Bonchev–Trinajstić information content (AvgIpc) is 2.76. The summed E-state index contributed by atoms with van der Waals surface area (Å²) in [5.41, 5.74) is 0.979. The third-order valence-corrected chi connectivity index (χ3v) is 2.03. The Kier molecular flexibility index (Phi) is 3.14. The first kappa shape index (κ1) is 10.6. The molecule has 5 heteroatoms. The fourth-order valence-electron chi connectivity index (χ4n) is 1.24. The fourth-order valence-corrected chi connectivity index (χ4v) is 1.24. The van der Waals surface area contributed by atoms with Crippen LogP contribution in [-0.4, -0.2) is 9.78 Å². The number of halogens is 2.